The minimum absolute atomic E-state index is 0. The van der Waals surface area contributed by atoms with Gasteiger partial charge in [0.25, 0.3) is 0 Å². The second-order valence-electron chi connectivity index (χ2n) is 1.56. The van der Waals surface area contributed by atoms with Crippen LogP contribution in [0.2, 0.25) is 0 Å². The van der Waals surface area contributed by atoms with Gasteiger partial charge >= 0.3 is 29.0 Å². The number of carbonyl (C=O) groups is 1. The Morgan fingerprint density at radius 2 is 2.00 bits per heavy atom. The van der Waals surface area contributed by atoms with Crippen molar-refractivity contribution in [3.8, 4) is 0 Å². The summed E-state index contributed by atoms with van der Waals surface area (Å²) in [4.78, 5) is 29.6. The Balaban J connectivity index is 0. The normalized spacial score (nSPS) is 13.0. The first kappa shape index (κ1) is 14.8. The molecule has 0 radical (unpaired) electrons. The van der Waals surface area contributed by atoms with Gasteiger partial charge in [0.05, 0.1) is 6.61 Å². The second kappa shape index (κ2) is 5.87. The number of carbonyl (C=O) groups excluding carboxylic acids is 1. The van der Waals surface area contributed by atoms with E-state index in [-0.39, 0.29) is 23.1 Å². The van der Waals surface area contributed by atoms with E-state index < -0.39 is 26.5 Å². The van der Waals surface area contributed by atoms with Gasteiger partial charge in [0.2, 0.25) is 0 Å². The van der Waals surface area contributed by atoms with Crippen molar-refractivity contribution in [3.63, 3.8) is 0 Å². The van der Waals surface area contributed by atoms with Gasteiger partial charge in [-0.1, -0.05) is 0 Å². The number of aliphatic hydroxyl groups is 2. The number of aliphatic hydroxyl groups excluding tert-OH is 2. The van der Waals surface area contributed by atoms with E-state index in [9.17, 15) is 19.1 Å². The van der Waals surface area contributed by atoms with Crippen molar-refractivity contribution >= 4 is 36.8 Å². The molecule has 0 fully saturated rings. The molecule has 0 aliphatic rings. The molecule has 0 amide bonds. The van der Waals surface area contributed by atoms with Gasteiger partial charge in [0.15, 0.2) is 6.10 Å². The molecular weight excluding hydrogens is 203 g/mol. The first-order valence-electron chi connectivity index (χ1n) is 2.41. The van der Waals surface area contributed by atoms with Crippen molar-refractivity contribution in [2.75, 3.05) is 6.61 Å². The van der Waals surface area contributed by atoms with Crippen molar-refractivity contribution in [3.05, 3.63) is 0 Å². The Hall–Kier alpha value is 0.306. The average Bonchev–Trinajstić information content (AvgIpc) is 1.82. The summed E-state index contributed by atoms with van der Waals surface area (Å²) in [5, 5.41) is 16.4. The Labute approximate surface area is 83.7 Å². The van der Waals surface area contributed by atoms with E-state index in [1.54, 1.807) is 0 Å². The fourth-order valence-corrected chi connectivity index (χ4v) is 0.588. The van der Waals surface area contributed by atoms with Gasteiger partial charge in [-0.3, -0.25) is 0 Å². The van der Waals surface area contributed by atoms with Gasteiger partial charge in [0, 0.05) is 0 Å². The topological polar surface area (TPSA) is 130 Å². The maximum atomic E-state index is 10.2. The number of phosphoric acid groups is 1. The molecule has 0 aliphatic carbocycles. The Kier molecular flexibility index (Phi) is 7.24. The summed E-state index contributed by atoms with van der Waals surface area (Å²) in [5.41, 5.74) is 0. The summed E-state index contributed by atoms with van der Waals surface area (Å²) in [6, 6.07) is 0. The SMILES string of the molecule is O=C(OP(=O)([O-])[O-])C(O)CO.[Mg+2]. The van der Waals surface area contributed by atoms with E-state index in [0.29, 0.717) is 0 Å². The summed E-state index contributed by atoms with van der Waals surface area (Å²) in [6.45, 7) is -1.00. The van der Waals surface area contributed by atoms with Crippen molar-refractivity contribution in [2.24, 2.45) is 0 Å². The molecule has 0 aliphatic heterocycles. The molecule has 1 unspecified atom stereocenters. The average molecular weight is 208 g/mol. The van der Waals surface area contributed by atoms with Gasteiger partial charge in [-0.05, 0) is 0 Å². The first-order chi connectivity index (χ1) is 4.87. The molecule has 0 saturated heterocycles. The zero-order valence-electron chi connectivity index (χ0n) is 5.87. The summed E-state index contributed by atoms with van der Waals surface area (Å²) < 4.78 is 12.9. The molecule has 0 saturated carbocycles. The molecular formula is C3H5MgO7P. The van der Waals surface area contributed by atoms with Crippen LogP contribution in [0.5, 0.6) is 0 Å². The van der Waals surface area contributed by atoms with Crippen LogP contribution in [0.15, 0.2) is 0 Å². The van der Waals surface area contributed by atoms with E-state index in [1.807, 2.05) is 0 Å². The maximum Gasteiger partial charge on any atom is 2.00 e. The Bertz CT molecular complexity index is 187. The van der Waals surface area contributed by atoms with Crippen LogP contribution in [0.4, 0.5) is 0 Å². The third-order valence-corrected chi connectivity index (χ3v) is 1.05. The van der Waals surface area contributed by atoms with Crippen molar-refractivity contribution in [1.82, 2.24) is 0 Å². The summed E-state index contributed by atoms with van der Waals surface area (Å²) in [7, 11) is -5.41. The van der Waals surface area contributed by atoms with Crippen molar-refractivity contribution < 1.29 is 33.9 Å². The number of phosphoric ester groups is 1. The van der Waals surface area contributed by atoms with Crippen LogP contribution in [0, 0.1) is 0 Å². The van der Waals surface area contributed by atoms with Gasteiger partial charge in [-0.2, -0.15) is 0 Å². The van der Waals surface area contributed by atoms with Gasteiger partial charge in [-0.15, -0.1) is 0 Å². The van der Waals surface area contributed by atoms with E-state index in [4.69, 9.17) is 10.2 Å². The van der Waals surface area contributed by atoms with E-state index in [1.165, 1.54) is 0 Å². The Morgan fingerprint density at radius 1 is 1.58 bits per heavy atom. The van der Waals surface area contributed by atoms with Gasteiger partial charge in [0.1, 0.15) is 7.82 Å². The fraction of sp³-hybridized carbons (Fsp3) is 0.667. The molecule has 0 heterocycles. The molecule has 0 spiro atoms. The van der Waals surface area contributed by atoms with E-state index in [0.717, 1.165) is 0 Å². The van der Waals surface area contributed by atoms with Crippen LogP contribution in [0.1, 0.15) is 0 Å². The molecule has 0 rings (SSSR count). The zero-order valence-corrected chi connectivity index (χ0v) is 8.18. The standard InChI is InChI=1S/C3H7O7P.Mg/c4-1-2(5)3(6)10-11(7,8)9;/h2,4-5H,1H2,(H2,7,8,9);/q;+2/p-2. The molecule has 0 aromatic rings. The van der Waals surface area contributed by atoms with Gasteiger partial charge in [-0.25, -0.2) is 4.79 Å². The van der Waals surface area contributed by atoms with E-state index in [2.05, 4.69) is 4.52 Å². The quantitative estimate of drug-likeness (QED) is 0.361. The second-order valence-corrected chi connectivity index (χ2v) is 2.63. The summed E-state index contributed by atoms with van der Waals surface area (Å²) in [5.74, 6) is -1.68. The molecule has 0 bridgehead atoms. The monoisotopic (exact) mass is 208 g/mol. The van der Waals surface area contributed by atoms with Gasteiger partial charge < -0.3 is 29.1 Å². The van der Waals surface area contributed by atoms with Crippen LogP contribution >= 0.6 is 7.82 Å². The number of hydrogen-bond donors (Lipinski definition) is 2. The molecule has 12 heavy (non-hydrogen) atoms. The summed E-state index contributed by atoms with van der Waals surface area (Å²) >= 11 is 0. The first-order valence-corrected chi connectivity index (χ1v) is 3.87. The third-order valence-electron chi connectivity index (χ3n) is 0.647. The molecule has 9 heteroatoms. The molecule has 2 N–H and O–H groups in total. The smallest absolute Gasteiger partial charge is 0.780 e. The predicted molar refractivity (Wildman–Crippen MR) is 32.5 cm³/mol. The molecule has 0 aromatic carbocycles. The Morgan fingerprint density at radius 3 is 2.25 bits per heavy atom. The molecule has 66 valence electrons. The fourth-order valence-electron chi connectivity index (χ4n) is 0.246. The zero-order chi connectivity index (χ0) is 9.07. The van der Waals surface area contributed by atoms with Crippen LogP contribution in [-0.4, -0.2) is 51.9 Å². The minimum Gasteiger partial charge on any atom is -0.780 e. The number of rotatable bonds is 3. The maximum absolute atomic E-state index is 10.2. The third kappa shape index (κ3) is 6.98. The predicted octanol–water partition coefficient (Wildman–Crippen LogP) is -3.67. The minimum atomic E-state index is -5.41. The van der Waals surface area contributed by atoms with Crippen LogP contribution in [0.25, 0.3) is 0 Å². The van der Waals surface area contributed by atoms with Crippen LogP contribution < -0.4 is 9.79 Å². The number of hydrogen-bond acceptors (Lipinski definition) is 7. The van der Waals surface area contributed by atoms with Crippen LogP contribution in [-0.2, 0) is 13.9 Å². The van der Waals surface area contributed by atoms with Crippen molar-refractivity contribution in [2.45, 2.75) is 6.10 Å². The molecule has 0 aromatic heterocycles. The van der Waals surface area contributed by atoms with Crippen LogP contribution in [0.3, 0.4) is 0 Å². The largest absolute Gasteiger partial charge is 2.00 e. The summed E-state index contributed by atoms with van der Waals surface area (Å²) in [6.07, 6.45) is -1.99. The van der Waals surface area contributed by atoms with E-state index >= 15 is 0 Å². The van der Waals surface area contributed by atoms with Crippen molar-refractivity contribution in [1.29, 1.82) is 0 Å². The molecule has 1 atom stereocenters. The molecule has 7 nitrogen and oxygen atoms in total.